The second-order valence-electron chi connectivity index (χ2n) is 7.89. The third-order valence-corrected chi connectivity index (χ3v) is 6.96. The van der Waals surface area contributed by atoms with E-state index >= 15 is 0 Å². The van der Waals surface area contributed by atoms with Crippen LogP contribution in [0, 0.1) is 0 Å². The van der Waals surface area contributed by atoms with Crippen molar-refractivity contribution in [2.24, 2.45) is 0 Å². The lowest BCUT2D eigenvalue weighted by atomic mass is 10.0. The third kappa shape index (κ3) is 7.40. The van der Waals surface area contributed by atoms with Gasteiger partial charge in [-0.3, -0.25) is 9.59 Å². The molecule has 0 aromatic heterocycles. The first-order chi connectivity index (χ1) is 14.2. The number of amides is 1. The fraction of sp³-hybridized carbons (Fsp3) is 0.636. The molecule has 1 saturated heterocycles. The fourth-order valence-electron chi connectivity index (χ4n) is 3.55. The molecule has 0 aliphatic carbocycles. The van der Waals surface area contributed by atoms with E-state index in [0.717, 1.165) is 25.0 Å². The van der Waals surface area contributed by atoms with E-state index in [1.54, 1.807) is 36.2 Å². The van der Waals surface area contributed by atoms with E-state index in [1.165, 1.54) is 10.6 Å². The van der Waals surface area contributed by atoms with Gasteiger partial charge < -0.3 is 9.64 Å². The molecule has 1 aliphatic heterocycles. The van der Waals surface area contributed by atoms with Gasteiger partial charge in [0.25, 0.3) is 0 Å². The Labute approximate surface area is 180 Å². The number of benzene rings is 1. The van der Waals surface area contributed by atoms with E-state index in [2.05, 4.69) is 6.92 Å². The molecule has 8 heteroatoms. The summed E-state index contributed by atoms with van der Waals surface area (Å²) < 4.78 is 30.4. The Kier molecular flexibility index (Phi) is 9.30. The zero-order valence-electron chi connectivity index (χ0n) is 18.3. The molecule has 168 valence electrons. The molecular formula is C22H34N2O5S. The van der Waals surface area contributed by atoms with E-state index in [9.17, 15) is 18.0 Å². The summed E-state index contributed by atoms with van der Waals surface area (Å²) in [5, 5.41) is 0. The van der Waals surface area contributed by atoms with E-state index in [-0.39, 0.29) is 30.6 Å². The average molecular weight is 439 g/mol. The van der Waals surface area contributed by atoms with Crippen molar-refractivity contribution in [3.8, 4) is 5.75 Å². The van der Waals surface area contributed by atoms with Gasteiger partial charge in [0.1, 0.15) is 5.75 Å². The molecule has 2 rings (SSSR count). The molecule has 0 radical (unpaired) electrons. The lowest BCUT2D eigenvalue weighted by Gasteiger charge is -2.35. The van der Waals surface area contributed by atoms with E-state index < -0.39 is 10.0 Å². The number of carbonyl (C=O) groups is 2. The van der Waals surface area contributed by atoms with Gasteiger partial charge in [-0.2, -0.15) is 0 Å². The van der Waals surface area contributed by atoms with Crippen molar-refractivity contribution in [2.45, 2.75) is 57.9 Å². The molecule has 0 bridgehead atoms. The van der Waals surface area contributed by atoms with E-state index in [4.69, 9.17) is 4.74 Å². The van der Waals surface area contributed by atoms with Crippen molar-refractivity contribution in [3.63, 3.8) is 0 Å². The summed E-state index contributed by atoms with van der Waals surface area (Å²) in [5.74, 6) is 0.632. The van der Waals surface area contributed by atoms with Crippen molar-refractivity contribution in [1.29, 1.82) is 0 Å². The van der Waals surface area contributed by atoms with Gasteiger partial charge in [0.2, 0.25) is 15.9 Å². The summed E-state index contributed by atoms with van der Waals surface area (Å²) in [6.45, 7) is 3.85. The van der Waals surface area contributed by atoms with Crippen LogP contribution in [0.15, 0.2) is 24.3 Å². The quantitative estimate of drug-likeness (QED) is 0.392. The molecule has 30 heavy (non-hydrogen) atoms. The molecule has 1 heterocycles. The second-order valence-corrected chi connectivity index (χ2v) is 9.94. The highest BCUT2D eigenvalue weighted by Crippen LogP contribution is 2.19. The third-order valence-electron chi connectivity index (χ3n) is 5.61. The molecule has 1 aromatic carbocycles. The van der Waals surface area contributed by atoms with Crippen LogP contribution in [0.4, 0.5) is 0 Å². The molecule has 1 aromatic rings. The predicted molar refractivity (Wildman–Crippen MR) is 117 cm³/mol. The van der Waals surface area contributed by atoms with Gasteiger partial charge in [0, 0.05) is 44.6 Å². The Morgan fingerprint density at radius 1 is 1.10 bits per heavy atom. The number of hydrogen-bond donors (Lipinski definition) is 0. The standard InChI is InChI=1S/C22H34N2O5S/c1-4-5-6-17-29-20-9-7-18(8-10-20)21(25)11-12-22(26)24-15-13-19(14-16-24)23(2)30(3,27)28/h7-10,19H,4-6,11-17H2,1-3H3. The minimum atomic E-state index is -3.23. The highest BCUT2D eigenvalue weighted by atomic mass is 32.2. The summed E-state index contributed by atoms with van der Waals surface area (Å²) in [5.41, 5.74) is 0.581. The largest absolute Gasteiger partial charge is 0.494 e. The maximum atomic E-state index is 12.5. The van der Waals surface area contributed by atoms with Crippen LogP contribution < -0.4 is 4.74 Å². The molecule has 0 unspecified atom stereocenters. The molecular weight excluding hydrogens is 404 g/mol. The molecule has 0 spiro atoms. The number of rotatable bonds is 11. The number of sulfonamides is 1. The molecule has 0 N–H and O–H groups in total. The Bertz CT molecular complexity index is 799. The number of Topliss-reactive ketones (excluding diaryl/α,β-unsaturated/α-hetero) is 1. The van der Waals surface area contributed by atoms with Crippen molar-refractivity contribution in [3.05, 3.63) is 29.8 Å². The van der Waals surface area contributed by atoms with Gasteiger partial charge in [-0.25, -0.2) is 12.7 Å². The molecule has 1 fully saturated rings. The first-order valence-electron chi connectivity index (χ1n) is 10.7. The van der Waals surface area contributed by atoms with Crippen LogP contribution in [0.1, 0.15) is 62.2 Å². The van der Waals surface area contributed by atoms with Crippen LogP contribution in [0.3, 0.4) is 0 Å². The van der Waals surface area contributed by atoms with Crippen LogP contribution in [0.2, 0.25) is 0 Å². The normalized spacial score (nSPS) is 15.4. The van der Waals surface area contributed by atoms with Crippen molar-refractivity contribution < 1.29 is 22.7 Å². The van der Waals surface area contributed by atoms with Crippen LogP contribution in [0.5, 0.6) is 5.75 Å². The number of ether oxygens (including phenoxy) is 1. The van der Waals surface area contributed by atoms with Gasteiger partial charge in [-0.05, 0) is 43.5 Å². The van der Waals surface area contributed by atoms with Crippen molar-refractivity contribution >= 4 is 21.7 Å². The lowest BCUT2D eigenvalue weighted by molar-refractivity contribution is -0.132. The molecule has 1 aliphatic rings. The van der Waals surface area contributed by atoms with Gasteiger partial charge in [0.15, 0.2) is 5.78 Å². The van der Waals surface area contributed by atoms with Gasteiger partial charge in [-0.15, -0.1) is 0 Å². The van der Waals surface area contributed by atoms with Crippen LogP contribution in [-0.4, -0.2) is 68.4 Å². The molecule has 0 saturated carbocycles. The minimum absolute atomic E-state index is 0.0558. The fourth-order valence-corrected chi connectivity index (χ4v) is 4.30. The summed E-state index contributed by atoms with van der Waals surface area (Å²) in [6, 6.07) is 7.00. The van der Waals surface area contributed by atoms with Crippen molar-refractivity contribution in [2.75, 3.05) is 33.0 Å². The highest BCUT2D eigenvalue weighted by molar-refractivity contribution is 7.88. The summed E-state index contributed by atoms with van der Waals surface area (Å²) in [7, 11) is -1.65. The molecule has 0 atom stereocenters. The maximum absolute atomic E-state index is 12.5. The summed E-state index contributed by atoms with van der Waals surface area (Å²) >= 11 is 0. The number of hydrogen-bond acceptors (Lipinski definition) is 5. The first kappa shape index (κ1) is 24.3. The number of likely N-dealkylation sites (tertiary alicyclic amines) is 1. The number of piperidine rings is 1. The summed E-state index contributed by atoms with van der Waals surface area (Å²) in [6.07, 6.45) is 6.05. The van der Waals surface area contributed by atoms with E-state index in [0.29, 0.717) is 38.1 Å². The zero-order valence-corrected chi connectivity index (χ0v) is 19.1. The van der Waals surface area contributed by atoms with Crippen molar-refractivity contribution in [1.82, 2.24) is 9.21 Å². The van der Waals surface area contributed by atoms with Crippen LogP contribution in [-0.2, 0) is 14.8 Å². The lowest BCUT2D eigenvalue weighted by Crippen LogP contribution is -2.47. The monoisotopic (exact) mass is 438 g/mol. The number of carbonyl (C=O) groups excluding carboxylic acids is 2. The molecule has 1 amide bonds. The Morgan fingerprint density at radius 2 is 1.73 bits per heavy atom. The van der Waals surface area contributed by atoms with Crippen LogP contribution in [0.25, 0.3) is 0 Å². The van der Waals surface area contributed by atoms with Gasteiger partial charge in [0.05, 0.1) is 12.9 Å². The van der Waals surface area contributed by atoms with Crippen LogP contribution >= 0.6 is 0 Å². The van der Waals surface area contributed by atoms with Gasteiger partial charge >= 0.3 is 0 Å². The highest BCUT2D eigenvalue weighted by Gasteiger charge is 2.29. The molecule has 7 nitrogen and oxygen atoms in total. The summed E-state index contributed by atoms with van der Waals surface area (Å²) in [4.78, 5) is 26.6. The smallest absolute Gasteiger partial charge is 0.223 e. The SMILES string of the molecule is CCCCCOc1ccc(C(=O)CCC(=O)N2CCC(N(C)S(C)(=O)=O)CC2)cc1. The predicted octanol–water partition coefficient (Wildman–Crippen LogP) is 3.10. The minimum Gasteiger partial charge on any atom is -0.494 e. The Hall–Kier alpha value is -1.93. The number of ketones is 1. The Balaban J connectivity index is 1.75. The topological polar surface area (TPSA) is 84.0 Å². The number of unbranched alkanes of at least 4 members (excludes halogenated alkanes) is 2. The van der Waals surface area contributed by atoms with Gasteiger partial charge in [-0.1, -0.05) is 19.8 Å². The zero-order chi connectivity index (χ0) is 22.1. The maximum Gasteiger partial charge on any atom is 0.223 e. The second kappa shape index (κ2) is 11.5. The van der Waals surface area contributed by atoms with E-state index in [1.807, 2.05) is 0 Å². The average Bonchev–Trinajstić information content (AvgIpc) is 2.74. The Morgan fingerprint density at radius 3 is 2.30 bits per heavy atom. The first-order valence-corrected chi connectivity index (χ1v) is 12.5. The number of nitrogens with zero attached hydrogens (tertiary/aromatic N) is 2.